The van der Waals surface area contributed by atoms with Crippen LogP contribution in [-0.2, 0) is 4.74 Å². The zero-order valence-corrected chi connectivity index (χ0v) is 11.5. The molecule has 4 atom stereocenters. The van der Waals surface area contributed by atoms with Crippen LogP contribution >= 0.6 is 0 Å². The van der Waals surface area contributed by atoms with Gasteiger partial charge in [-0.1, -0.05) is 0 Å². The van der Waals surface area contributed by atoms with E-state index in [1.807, 2.05) is 0 Å². The number of hydrogen-bond acceptors (Lipinski definition) is 7. The molecule has 0 saturated carbocycles. The van der Waals surface area contributed by atoms with Gasteiger partial charge in [-0.25, -0.2) is 4.79 Å². The molecule has 0 spiro atoms. The number of alkyl halides is 3. The minimum absolute atomic E-state index is 0.0908. The number of nitrogens with zero attached hydrogens (tertiary/aromatic N) is 2. The number of aliphatic hydroxyl groups is 3. The van der Waals surface area contributed by atoms with E-state index in [1.165, 1.54) is 0 Å². The molecule has 1 fully saturated rings. The van der Waals surface area contributed by atoms with Crippen LogP contribution in [-0.4, -0.2) is 56.0 Å². The van der Waals surface area contributed by atoms with Crippen LogP contribution in [0.5, 0.6) is 0 Å². The van der Waals surface area contributed by atoms with Gasteiger partial charge in [-0.3, -0.25) is 4.57 Å². The van der Waals surface area contributed by atoms with Gasteiger partial charge in [0.25, 0.3) is 0 Å². The summed E-state index contributed by atoms with van der Waals surface area (Å²) in [6, 6.07) is 0. The summed E-state index contributed by atoms with van der Waals surface area (Å²) in [6.45, 7) is -0.618. The second kappa shape index (κ2) is 6.28. The molecule has 1 aliphatic heterocycles. The van der Waals surface area contributed by atoms with Gasteiger partial charge in [0.15, 0.2) is 6.23 Å². The molecule has 0 radical (unpaired) electrons. The highest BCUT2D eigenvalue weighted by molar-refractivity contribution is 5.60. The van der Waals surface area contributed by atoms with Crippen LogP contribution in [0.15, 0.2) is 17.1 Å². The van der Waals surface area contributed by atoms with E-state index in [4.69, 9.17) is 15.6 Å². The number of allylic oxidation sites excluding steroid dienone is 1. The molecule has 2 rings (SSSR count). The molecule has 0 amide bonds. The molecule has 1 aromatic rings. The summed E-state index contributed by atoms with van der Waals surface area (Å²) in [5.74, 6) is -0.432. The van der Waals surface area contributed by atoms with Gasteiger partial charge in [-0.05, 0) is 6.08 Å². The zero-order valence-electron chi connectivity index (χ0n) is 11.5. The Morgan fingerprint density at radius 1 is 1.39 bits per heavy atom. The Morgan fingerprint density at radius 3 is 2.57 bits per heavy atom. The third-order valence-electron chi connectivity index (χ3n) is 3.25. The number of ether oxygens (including phenoxy) is 1. The van der Waals surface area contributed by atoms with Crippen LogP contribution in [0, 0.1) is 0 Å². The first-order chi connectivity index (χ1) is 10.6. The molecule has 2 heterocycles. The molecule has 1 aromatic heterocycles. The van der Waals surface area contributed by atoms with Crippen molar-refractivity contribution in [3.8, 4) is 0 Å². The third-order valence-corrected chi connectivity index (χ3v) is 3.25. The number of nitrogens with two attached hydrogens (primary N) is 1. The SMILES string of the molecule is Nc1nc(=O)n([C@@H]2O[C@H](CO)C(O)C2O)cc1C=CC(F)(F)F. The molecule has 0 aromatic carbocycles. The summed E-state index contributed by atoms with van der Waals surface area (Å²) in [7, 11) is 0. The molecular weight excluding hydrogens is 323 g/mol. The monoisotopic (exact) mass is 337 g/mol. The molecular formula is C12H14F3N3O5. The van der Waals surface area contributed by atoms with Gasteiger partial charge in [-0.15, -0.1) is 0 Å². The van der Waals surface area contributed by atoms with Gasteiger partial charge in [-0.2, -0.15) is 18.2 Å². The Bertz CT molecular complexity index is 660. The summed E-state index contributed by atoms with van der Waals surface area (Å²) in [6.07, 6.45) is -8.75. The van der Waals surface area contributed by atoms with E-state index < -0.39 is 48.8 Å². The fraction of sp³-hybridized carbons (Fsp3) is 0.500. The fourth-order valence-corrected chi connectivity index (χ4v) is 2.10. The largest absolute Gasteiger partial charge is 0.409 e. The topological polar surface area (TPSA) is 131 Å². The standard InChI is InChI=1S/C12H14F3N3O5/c13-12(14,15)2-1-5-3-18(11(22)17-9(5)16)10-8(21)7(20)6(4-19)23-10/h1-3,6-8,10,19-21H,4H2,(H2,16,17,22)/t6-,7?,8?,10-/m1/s1. The van der Waals surface area contributed by atoms with Crippen molar-refractivity contribution in [1.82, 2.24) is 9.55 Å². The highest BCUT2D eigenvalue weighted by atomic mass is 19.4. The summed E-state index contributed by atoms with van der Waals surface area (Å²) in [4.78, 5) is 15.2. The lowest BCUT2D eigenvalue weighted by molar-refractivity contribution is -0.0790. The molecule has 8 nitrogen and oxygen atoms in total. The molecule has 2 unspecified atom stereocenters. The predicted molar refractivity (Wildman–Crippen MR) is 71.0 cm³/mol. The van der Waals surface area contributed by atoms with Crippen molar-refractivity contribution in [2.75, 3.05) is 12.3 Å². The third kappa shape index (κ3) is 3.69. The van der Waals surface area contributed by atoms with Crippen LogP contribution in [0.1, 0.15) is 11.8 Å². The molecule has 1 saturated heterocycles. The number of aliphatic hydroxyl groups excluding tert-OH is 3. The van der Waals surface area contributed by atoms with E-state index in [2.05, 4.69) is 4.98 Å². The Morgan fingerprint density at radius 2 is 2.04 bits per heavy atom. The van der Waals surface area contributed by atoms with E-state index in [0.29, 0.717) is 10.6 Å². The Balaban J connectivity index is 2.40. The van der Waals surface area contributed by atoms with Crippen LogP contribution in [0.4, 0.5) is 19.0 Å². The summed E-state index contributed by atoms with van der Waals surface area (Å²) < 4.78 is 42.5. The molecule has 23 heavy (non-hydrogen) atoms. The minimum Gasteiger partial charge on any atom is -0.394 e. The average molecular weight is 337 g/mol. The zero-order chi connectivity index (χ0) is 17.4. The van der Waals surface area contributed by atoms with E-state index in [-0.39, 0.29) is 11.6 Å². The van der Waals surface area contributed by atoms with Gasteiger partial charge in [0.2, 0.25) is 0 Å². The van der Waals surface area contributed by atoms with Gasteiger partial charge < -0.3 is 25.8 Å². The number of halogens is 3. The van der Waals surface area contributed by atoms with E-state index in [1.54, 1.807) is 0 Å². The van der Waals surface area contributed by atoms with Crippen molar-refractivity contribution in [1.29, 1.82) is 0 Å². The first-order valence-electron chi connectivity index (χ1n) is 6.41. The highest BCUT2D eigenvalue weighted by Crippen LogP contribution is 2.29. The van der Waals surface area contributed by atoms with Crippen molar-refractivity contribution in [3.05, 3.63) is 28.3 Å². The maximum Gasteiger partial charge on any atom is 0.409 e. The lowest BCUT2D eigenvalue weighted by Crippen LogP contribution is -2.36. The van der Waals surface area contributed by atoms with Gasteiger partial charge in [0.1, 0.15) is 24.1 Å². The fourth-order valence-electron chi connectivity index (χ4n) is 2.10. The molecule has 11 heteroatoms. The van der Waals surface area contributed by atoms with Crippen molar-refractivity contribution < 1.29 is 33.2 Å². The normalized spacial score (nSPS) is 28.6. The van der Waals surface area contributed by atoms with Crippen LogP contribution < -0.4 is 11.4 Å². The minimum atomic E-state index is -4.59. The van der Waals surface area contributed by atoms with Crippen molar-refractivity contribution in [3.63, 3.8) is 0 Å². The molecule has 0 aliphatic carbocycles. The Kier molecular flexibility index (Phi) is 4.75. The van der Waals surface area contributed by atoms with Gasteiger partial charge >= 0.3 is 11.9 Å². The maximum absolute atomic E-state index is 12.2. The molecule has 1 aliphatic rings. The average Bonchev–Trinajstić information content (AvgIpc) is 2.73. The van der Waals surface area contributed by atoms with Crippen molar-refractivity contribution in [2.24, 2.45) is 0 Å². The molecule has 5 N–H and O–H groups in total. The summed E-state index contributed by atoms with van der Waals surface area (Å²) in [5, 5.41) is 28.5. The van der Waals surface area contributed by atoms with E-state index in [0.717, 1.165) is 6.20 Å². The molecule has 128 valence electrons. The van der Waals surface area contributed by atoms with Crippen molar-refractivity contribution >= 4 is 11.9 Å². The molecule has 0 bridgehead atoms. The summed E-state index contributed by atoms with van der Waals surface area (Å²) in [5.41, 5.74) is 4.19. The van der Waals surface area contributed by atoms with Crippen LogP contribution in [0.25, 0.3) is 6.08 Å². The lowest BCUT2D eigenvalue weighted by Gasteiger charge is -2.18. The highest BCUT2D eigenvalue weighted by Gasteiger charge is 2.43. The van der Waals surface area contributed by atoms with Gasteiger partial charge in [0.05, 0.1) is 6.61 Å². The maximum atomic E-state index is 12.2. The Labute approximate surface area is 127 Å². The summed E-state index contributed by atoms with van der Waals surface area (Å²) >= 11 is 0. The number of aromatic nitrogens is 2. The quantitative estimate of drug-likeness (QED) is 0.557. The first-order valence-corrected chi connectivity index (χ1v) is 6.41. The Hall–Kier alpha value is -1.95. The van der Waals surface area contributed by atoms with Crippen LogP contribution in [0.2, 0.25) is 0 Å². The number of nitrogen functional groups attached to an aromatic ring is 1. The number of hydrogen-bond donors (Lipinski definition) is 4. The number of rotatable bonds is 3. The number of anilines is 1. The van der Waals surface area contributed by atoms with Crippen LogP contribution in [0.3, 0.4) is 0 Å². The second-order valence-corrected chi connectivity index (χ2v) is 4.88. The van der Waals surface area contributed by atoms with Crippen molar-refractivity contribution in [2.45, 2.75) is 30.7 Å². The second-order valence-electron chi connectivity index (χ2n) is 4.88. The van der Waals surface area contributed by atoms with E-state index in [9.17, 15) is 28.2 Å². The van der Waals surface area contributed by atoms with Gasteiger partial charge in [0, 0.05) is 17.8 Å². The predicted octanol–water partition coefficient (Wildman–Crippen LogP) is -0.987. The van der Waals surface area contributed by atoms with E-state index >= 15 is 0 Å². The lowest BCUT2D eigenvalue weighted by atomic mass is 10.1. The first kappa shape index (κ1) is 17.4. The smallest absolute Gasteiger partial charge is 0.394 e.